The molecule has 0 spiro atoms. The molecule has 114 valence electrons. The molecule has 1 aromatic carbocycles. The molecule has 10 heteroatoms. The van der Waals surface area contributed by atoms with E-state index in [9.17, 15) is 20.2 Å². The summed E-state index contributed by atoms with van der Waals surface area (Å²) >= 11 is 0. The molecule has 2 rings (SSSR count). The normalized spacial score (nSPS) is 10.0. The molecular formula is C12H10N4O6. The first-order valence-corrected chi connectivity index (χ1v) is 5.93. The molecule has 0 bridgehead atoms. The first kappa shape index (κ1) is 15.1. The first-order chi connectivity index (χ1) is 10.5. The minimum atomic E-state index is -0.713. The van der Waals surface area contributed by atoms with Crippen molar-refractivity contribution in [2.75, 3.05) is 7.11 Å². The van der Waals surface area contributed by atoms with Gasteiger partial charge in [0.1, 0.15) is 12.1 Å². The molecule has 0 aliphatic rings. The molecule has 0 aliphatic heterocycles. The summed E-state index contributed by atoms with van der Waals surface area (Å²) in [5.74, 6) is -0.255. The second-order valence-electron chi connectivity index (χ2n) is 4.03. The molecule has 0 radical (unpaired) electrons. The number of hydrogen-bond acceptors (Lipinski definition) is 8. The van der Waals surface area contributed by atoms with Crippen LogP contribution in [0.25, 0.3) is 0 Å². The highest BCUT2D eigenvalue weighted by Gasteiger charge is 2.25. The third-order valence-corrected chi connectivity index (χ3v) is 2.58. The lowest BCUT2D eigenvalue weighted by Gasteiger charge is -2.07. The molecule has 0 atom stereocenters. The van der Waals surface area contributed by atoms with Gasteiger partial charge in [0.05, 0.1) is 12.0 Å². The predicted molar refractivity (Wildman–Crippen MR) is 72.5 cm³/mol. The number of nitrogens with zero attached hydrogens (tertiary/aromatic N) is 4. The van der Waals surface area contributed by atoms with E-state index in [1.54, 1.807) is 0 Å². The Morgan fingerprint density at radius 2 is 1.73 bits per heavy atom. The highest BCUT2D eigenvalue weighted by molar-refractivity contribution is 5.50. The van der Waals surface area contributed by atoms with Crippen LogP contribution >= 0.6 is 0 Å². The average molecular weight is 306 g/mol. The molecule has 22 heavy (non-hydrogen) atoms. The maximum Gasteiger partial charge on any atom is 0.392 e. The number of benzene rings is 1. The minimum Gasteiger partial charge on any atom is -0.476 e. The third kappa shape index (κ3) is 3.42. The Morgan fingerprint density at radius 3 is 2.27 bits per heavy atom. The van der Waals surface area contributed by atoms with Crippen molar-refractivity contribution in [1.82, 2.24) is 9.97 Å². The van der Waals surface area contributed by atoms with E-state index in [-0.39, 0.29) is 24.1 Å². The van der Waals surface area contributed by atoms with Gasteiger partial charge in [-0.1, -0.05) is 0 Å². The molecule has 0 fully saturated rings. The van der Waals surface area contributed by atoms with Crippen molar-refractivity contribution in [3.05, 3.63) is 56.4 Å². The van der Waals surface area contributed by atoms with Crippen molar-refractivity contribution in [2.45, 2.75) is 6.54 Å². The van der Waals surface area contributed by atoms with Crippen LogP contribution < -0.4 is 9.47 Å². The predicted octanol–water partition coefficient (Wildman–Crippen LogP) is 1.96. The van der Waals surface area contributed by atoms with Crippen molar-refractivity contribution >= 4 is 5.69 Å². The Bertz CT molecular complexity index is 703. The van der Waals surface area contributed by atoms with Gasteiger partial charge in [0.25, 0.3) is 0 Å². The quantitative estimate of drug-likeness (QED) is 0.584. The second kappa shape index (κ2) is 6.43. The zero-order valence-electron chi connectivity index (χ0n) is 11.3. The molecule has 2 aromatic rings. The van der Waals surface area contributed by atoms with E-state index in [4.69, 9.17) is 9.47 Å². The van der Waals surface area contributed by atoms with Gasteiger partial charge in [-0.25, -0.2) is 0 Å². The Morgan fingerprint density at radius 1 is 1.09 bits per heavy atom. The zero-order valence-corrected chi connectivity index (χ0v) is 11.3. The SMILES string of the molecule is COc1ncnc(Oc2ccc(C[N+](=O)[O-])cc2)c1[N+](=O)[O-]. The molecular weight excluding hydrogens is 296 g/mol. The van der Waals surface area contributed by atoms with E-state index in [2.05, 4.69) is 9.97 Å². The van der Waals surface area contributed by atoms with Crippen LogP contribution in [0.1, 0.15) is 5.56 Å². The van der Waals surface area contributed by atoms with Crippen molar-refractivity contribution in [3.63, 3.8) is 0 Å². The molecule has 1 aromatic heterocycles. The summed E-state index contributed by atoms with van der Waals surface area (Å²) in [6.45, 7) is -0.318. The topological polar surface area (TPSA) is 131 Å². The van der Waals surface area contributed by atoms with Crippen molar-refractivity contribution in [3.8, 4) is 17.5 Å². The van der Waals surface area contributed by atoms with E-state index in [1.165, 1.54) is 31.4 Å². The summed E-state index contributed by atoms with van der Waals surface area (Å²) < 4.78 is 10.1. The second-order valence-corrected chi connectivity index (χ2v) is 4.03. The standard InChI is InChI=1S/C12H10N4O6/c1-21-11-10(16(19)20)12(14-7-13-11)22-9-4-2-8(3-5-9)6-15(17)18/h2-5,7H,6H2,1H3. The number of rotatable bonds is 6. The third-order valence-electron chi connectivity index (χ3n) is 2.58. The molecule has 10 nitrogen and oxygen atoms in total. The van der Waals surface area contributed by atoms with Gasteiger partial charge in [-0.05, 0) is 24.3 Å². The number of ether oxygens (including phenoxy) is 2. The Kier molecular flexibility index (Phi) is 4.41. The monoisotopic (exact) mass is 306 g/mol. The summed E-state index contributed by atoms with van der Waals surface area (Å²) in [6, 6.07) is 5.89. The summed E-state index contributed by atoms with van der Waals surface area (Å²) in [7, 11) is 1.24. The summed E-state index contributed by atoms with van der Waals surface area (Å²) in [5.41, 5.74) is -0.0218. The minimum absolute atomic E-state index is 0.222. The molecule has 0 amide bonds. The molecule has 0 aliphatic carbocycles. The van der Waals surface area contributed by atoms with Crippen molar-refractivity contribution in [1.29, 1.82) is 0 Å². The van der Waals surface area contributed by atoms with Gasteiger partial charge in [-0.3, -0.25) is 20.2 Å². The van der Waals surface area contributed by atoms with Gasteiger partial charge < -0.3 is 9.47 Å². The van der Waals surface area contributed by atoms with E-state index in [1.807, 2.05) is 0 Å². The van der Waals surface area contributed by atoms with Crippen LogP contribution in [0.15, 0.2) is 30.6 Å². The van der Waals surface area contributed by atoms with Crippen molar-refractivity contribution in [2.24, 2.45) is 0 Å². The van der Waals surface area contributed by atoms with Crippen LogP contribution in [0.4, 0.5) is 5.69 Å². The largest absolute Gasteiger partial charge is 0.476 e. The lowest BCUT2D eigenvalue weighted by atomic mass is 10.2. The average Bonchev–Trinajstić information content (AvgIpc) is 2.48. The Balaban J connectivity index is 2.27. The van der Waals surface area contributed by atoms with Gasteiger partial charge in [0.2, 0.25) is 6.54 Å². The Labute approximate surface area is 123 Å². The van der Waals surface area contributed by atoms with Crippen LogP contribution in [0, 0.1) is 20.2 Å². The van der Waals surface area contributed by atoms with E-state index >= 15 is 0 Å². The molecule has 0 unspecified atom stereocenters. The van der Waals surface area contributed by atoms with Gasteiger partial charge >= 0.3 is 17.4 Å². The lowest BCUT2D eigenvalue weighted by Crippen LogP contribution is -2.01. The summed E-state index contributed by atoms with van der Waals surface area (Å²) in [5, 5.41) is 21.5. The molecule has 1 heterocycles. The van der Waals surface area contributed by atoms with E-state index in [0.29, 0.717) is 5.56 Å². The van der Waals surface area contributed by atoms with Crippen molar-refractivity contribution < 1.29 is 19.3 Å². The van der Waals surface area contributed by atoms with Crippen LogP contribution in [0.5, 0.6) is 17.5 Å². The molecule has 0 saturated carbocycles. The van der Waals surface area contributed by atoms with Crippen LogP contribution in [0.3, 0.4) is 0 Å². The maximum atomic E-state index is 11.1. The lowest BCUT2D eigenvalue weighted by molar-refractivity contribution is -0.496. The zero-order chi connectivity index (χ0) is 16.1. The van der Waals surface area contributed by atoms with E-state index < -0.39 is 15.5 Å². The fraction of sp³-hybridized carbons (Fsp3) is 0.167. The van der Waals surface area contributed by atoms with Gasteiger partial charge in [0.15, 0.2) is 0 Å². The van der Waals surface area contributed by atoms with Crippen LogP contribution in [-0.2, 0) is 6.54 Å². The highest BCUT2D eigenvalue weighted by Crippen LogP contribution is 2.35. The highest BCUT2D eigenvalue weighted by atomic mass is 16.6. The Hall–Kier alpha value is -3.30. The molecule has 0 N–H and O–H groups in total. The number of aromatic nitrogens is 2. The van der Waals surface area contributed by atoms with Gasteiger partial charge in [-0.2, -0.15) is 9.97 Å². The summed E-state index contributed by atoms with van der Waals surface area (Å²) in [4.78, 5) is 27.6. The number of nitro groups is 2. The maximum absolute atomic E-state index is 11.1. The fourth-order valence-corrected chi connectivity index (χ4v) is 1.65. The smallest absolute Gasteiger partial charge is 0.392 e. The fourth-order valence-electron chi connectivity index (χ4n) is 1.65. The van der Waals surface area contributed by atoms with Crippen LogP contribution in [-0.4, -0.2) is 26.9 Å². The van der Waals surface area contributed by atoms with Gasteiger partial charge in [-0.15, -0.1) is 0 Å². The molecule has 0 saturated heterocycles. The van der Waals surface area contributed by atoms with Crippen LogP contribution in [0.2, 0.25) is 0 Å². The number of methoxy groups -OCH3 is 1. The summed E-state index contributed by atoms with van der Waals surface area (Å²) in [6.07, 6.45) is 1.07. The number of hydrogen-bond donors (Lipinski definition) is 0. The van der Waals surface area contributed by atoms with Gasteiger partial charge in [0, 0.05) is 10.5 Å². The van der Waals surface area contributed by atoms with E-state index in [0.717, 1.165) is 6.33 Å². The first-order valence-electron chi connectivity index (χ1n) is 5.93.